The van der Waals surface area contributed by atoms with Crippen molar-refractivity contribution in [2.75, 3.05) is 19.4 Å². The van der Waals surface area contributed by atoms with Crippen LogP contribution in [0.3, 0.4) is 0 Å². The van der Waals surface area contributed by atoms with E-state index in [2.05, 4.69) is 5.32 Å². The van der Waals surface area contributed by atoms with Gasteiger partial charge in [-0.15, -0.1) is 0 Å². The van der Waals surface area contributed by atoms with Crippen LogP contribution in [0.15, 0.2) is 47.8 Å². The maximum Gasteiger partial charge on any atom is 0.161 e. The van der Waals surface area contributed by atoms with Crippen LogP contribution in [0.25, 0.3) is 0 Å². The van der Waals surface area contributed by atoms with E-state index in [0.717, 1.165) is 0 Å². The molecule has 0 aliphatic heterocycles. The lowest BCUT2D eigenvalue weighted by molar-refractivity contribution is 0.101. The molecule has 5 heteroatoms. The molecule has 106 valence electrons. The molecule has 0 unspecified atom stereocenters. The monoisotopic (exact) mass is 280 g/mol. The molecule has 0 bridgehead atoms. The number of hydrogen-bond donors (Lipinski definition) is 1. The summed E-state index contributed by atoms with van der Waals surface area (Å²) in [6, 6.07) is 10.8. The van der Waals surface area contributed by atoms with Gasteiger partial charge in [0.25, 0.3) is 0 Å². The van der Waals surface area contributed by atoms with Gasteiger partial charge in [0.2, 0.25) is 0 Å². The molecule has 0 heterocycles. The number of allylic oxidation sites excluding steroid dienone is 2. The summed E-state index contributed by atoms with van der Waals surface area (Å²) in [7, 11) is 3.50. The van der Waals surface area contributed by atoms with Crippen molar-refractivity contribution in [3.05, 3.63) is 53.4 Å². The van der Waals surface area contributed by atoms with E-state index in [0.29, 0.717) is 16.9 Å². The molecule has 0 amide bonds. The Morgan fingerprint density at radius 1 is 1.24 bits per heavy atom. The molecule has 0 aliphatic rings. The van der Waals surface area contributed by atoms with Crippen molar-refractivity contribution in [1.29, 1.82) is 10.5 Å². The summed E-state index contributed by atoms with van der Waals surface area (Å²) >= 11 is 0. The predicted molar refractivity (Wildman–Crippen MR) is 81.1 cm³/mol. The average Bonchev–Trinajstić information content (AvgIpc) is 2.46. The van der Waals surface area contributed by atoms with Crippen LogP contribution in [0, 0.1) is 22.7 Å². The Kier molecular flexibility index (Phi) is 5.73. The van der Waals surface area contributed by atoms with Crippen LogP contribution in [0.2, 0.25) is 0 Å². The third-order valence-electron chi connectivity index (χ3n) is 2.75. The molecule has 5 nitrogen and oxygen atoms in total. The summed E-state index contributed by atoms with van der Waals surface area (Å²) in [5.74, 6) is -0.0374. The fourth-order valence-electron chi connectivity index (χ4n) is 1.72. The van der Waals surface area contributed by atoms with Crippen molar-refractivity contribution in [1.82, 2.24) is 4.90 Å². The number of nitrogens with one attached hydrogen (secondary N) is 1. The highest BCUT2D eigenvalue weighted by Gasteiger charge is 2.06. The lowest BCUT2D eigenvalue weighted by Crippen LogP contribution is -2.11. The van der Waals surface area contributed by atoms with Crippen LogP contribution in [-0.4, -0.2) is 24.8 Å². The van der Waals surface area contributed by atoms with E-state index < -0.39 is 0 Å². The van der Waals surface area contributed by atoms with Crippen molar-refractivity contribution in [2.24, 2.45) is 0 Å². The summed E-state index contributed by atoms with van der Waals surface area (Å²) in [6.45, 7) is 1.50. The first-order chi connectivity index (χ1) is 10.0. The van der Waals surface area contributed by atoms with Gasteiger partial charge in [-0.3, -0.25) is 4.79 Å². The fraction of sp³-hybridized carbons (Fsp3) is 0.188. The number of nitrogens with zero attached hydrogens (tertiary/aromatic N) is 3. The largest absolute Gasteiger partial charge is 0.376 e. The smallest absolute Gasteiger partial charge is 0.161 e. The molecule has 1 aromatic rings. The highest BCUT2D eigenvalue weighted by molar-refractivity contribution is 5.99. The number of likely N-dealkylation sites (N-methyl/N-ethyl adjacent to an activating group) is 1. The molecular formula is C16H16N4O. The maximum absolute atomic E-state index is 11.5. The van der Waals surface area contributed by atoms with Gasteiger partial charge in [-0.25, -0.2) is 0 Å². The molecule has 0 fully saturated rings. The lowest BCUT2D eigenvalue weighted by atomic mass is 10.1. The maximum atomic E-state index is 11.5. The molecule has 0 aliphatic carbocycles. The second-order valence-electron chi connectivity index (χ2n) is 4.46. The molecule has 1 rings (SSSR count). The quantitative estimate of drug-likeness (QED) is 0.509. The van der Waals surface area contributed by atoms with E-state index in [4.69, 9.17) is 10.5 Å². The first-order valence-corrected chi connectivity index (χ1v) is 6.26. The van der Waals surface area contributed by atoms with E-state index >= 15 is 0 Å². The second-order valence-corrected chi connectivity index (χ2v) is 4.46. The molecular weight excluding hydrogens is 264 g/mol. The van der Waals surface area contributed by atoms with E-state index in [1.807, 2.05) is 18.2 Å². The van der Waals surface area contributed by atoms with Crippen molar-refractivity contribution in [2.45, 2.75) is 6.92 Å². The highest BCUT2D eigenvalue weighted by Crippen LogP contribution is 2.16. The number of carbonyl (C=O) groups is 1. The number of para-hydroxylation sites is 1. The summed E-state index contributed by atoms with van der Waals surface area (Å²) in [5.41, 5.74) is 1.78. The standard InChI is InChI=1S/C16H16N4O/c1-12(21)14-6-4-5-7-15(14)19-9-8-16(20(2)3)13(10-17)11-18/h4-9,19H,1-3H3/b9-8+. The first-order valence-electron chi connectivity index (χ1n) is 6.26. The molecule has 0 spiro atoms. The predicted octanol–water partition coefficient (Wildman–Crippen LogP) is 2.68. The van der Waals surface area contributed by atoms with E-state index in [-0.39, 0.29) is 11.4 Å². The Hall–Kier alpha value is -3.05. The third-order valence-corrected chi connectivity index (χ3v) is 2.75. The zero-order valence-corrected chi connectivity index (χ0v) is 12.2. The lowest BCUT2D eigenvalue weighted by Gasteiger charge is -2.13. The number of hydrogen-bond acceptors (Lipinski definition) is 5. The van der Waals surface area contributed by atoms with Crippen LogP contribution < -0.4 is 5.32 Å². The zero-order valence-electron chi connectivity index (χ0n) is 12.2. The van der Waals surface area contributed by atoms with Crippen LogP contribution in [-0.2, 0) is 0 Å². The fourth-order valence-corrected chi connectivity index (χ4v) is 1.72. The minimum Gasteiger partial charge on any atom is -0.376 e. The number of Topliss-reactive ketones (excluding diaryl/α,β-unsaturated/α-hetero) is 1. The van der Waals surface area contributed by atoms with Crippen molar-refractivity contribution >= 4 is 11.5 Å². The third kappa shape index (κ3) is 4.22. The van der Waals surface area contributed by atoms with Gasteiger partial charge >= 0.3 is 0 Å². The molecule has 0 atom stereocenters. The van der Waals surface area contributed by atoms with Gasteiger partial charge < -0.3 is 10.2 Å². The number of carbonyl (C=O) groups excluding carboxylic acids is 1. The Labute approximate surface area is 124 Å². The number of anilines is 1. The number of benzene rings is 1. The summed E-state index contributed by atoms with van der Waals surface area (Å²) in [5, 5.41) is 20.8. The van der Waals surface area contributed by atoms with Gasteiger partial charge in [0.15, 0.2) is 11.4 Å². The molecule has 0 saturated carbocycles. The van der Waals surface area contributed by atoms with Gasteiger partial charge in [0, 0.05) is 31.5 Å². The van der Waals surface area contributed by atoms with Crippen LogP contribution >= 0.6 is 0 Å². The Bertz CT molecular complexity index is 656. The van der Waals surface area contributed by atoms with Gasteiger partial charge in [-0.1, -0.05) is 12.1 Å². The van der Waals surface area contributed by atoms with Crippen LogP contribution in [0.5, 0.6) is 0 Å². The molecule has 0 saturated heterocycles. The van der Waals surface area contributed by atoms with Crippen molar-refractivity contribution < 1.29 is 4.79 Å². The minimum atomic E-state index is -0.0374. The number of ketones is 1. The Morgan fingerprint density at radius 2 is 1.86 bits per heavy atom. The Morgan fingerprint density at radius 3 is 2.38 bits per heavy atom. The summed E-state index contributed by atoms with van der Waals surface area (Å²) < 4.78 is 0. The SMILES string of the molecule is CC(=O)c1ccccc1N/C=C/C(=C(C#N)C#N)N(C)C. The van der Waals surface area contributed by atoms with Gasteiger partial charge in [0.1, 0.15) is 12.1 Å². The van der Waals surface area contributed by atoms with Gasteiger partial charge in [-0.05, 0) is 25.1 Å². The summed E-state index contributed by atoms with van der Waals surface area (Å²) in [4.78, 5) is 13.2. The molecule has 1 aromatic carbocycles. The second kappa shape index (κ2) is 7.52. The normalized spacial score (nSPS) is 9.57. The molecule has 1 N–H and O–H groups in total. The van der Waals surface area contributed by atoms with E-state index in [1.165, 1.54) is 6.92 Å². The number of nitriles is 2. The van der Waals surface area contributed by atoms with Crippen LogP contribution in [0.4, 0.5) is 5.69 Å². The van der Waals surface area contributed by atoms with Crippen molar-refractivity contribution in [3.63, 3.8) is 0 Å². The van der Waals surface area contributed by atoms with E-state index in [1.54, 1.807) is 49.5 Å². The average molecular weight is 280 g/mol. The Balaban J connectivity index is 3.03. The topological polar surface area (TPSA) is 79.9 Å². The molecule has 0 radical (unpaired) electrons. The van der Waals surface area contributed by atoms with Crippen LogP contribution in [0.1, 0.15) is 17.3 Å². The zero-order chi connectivity index (χ0) is 15.8. The van der Waals surface area contributed by atoms with Crippen molar-refractivity contribution in [3.8, 4) is 12.1 Å². The highest BCUT2D eigenvalue weighted by atomic mass is 16.1. The minimum absolute atomic E-state index is 0.0258. The summed E-state index contributed by atoms with van der Waals surface area (Å²) in [6.07, 6.45) is 3.23. The van der Waals surface area contributed by atoms with E-state index in [9.17, 15) is 4.79 Å². The molecule has 0 aromatic heterocycles. The molecule has 21 heavy (non-hydrogen) atoms. The van der Waals surface area contributed by atoms with Gasteiger partial charge in [-0.2, -0.15) is 10.5 Å². The van der Waals surface area contributed by atoms with Gasteiger partial charge in [0.05, 0.1) is 5.70 Å². The first kappa shape index (κ1) is 16.0. The number of rotatable bonds is 5.